The van der Waals surface area contributed by atoms with Gasteiger partial charge in [0.2, 0.25) is 0 Å². The highest BCUT2D eigenvalue weighted by Gasteiger charge is 2.12. The molecule has 3 aromatic rings. The predicted molar refractivity (Wildman–Crippen MR) is 83.2 cm³/mol. The van der Waals surface area contributed by atoms with Crippen molar-refractivity contribution in [3.8, 4) is 11.3 Å². The number of nitrogens with two attached hydrogens (primary N) is 1. The van der Waals surface area contributed by atoms with Crippen LogP contribution in [0, 0.1) is 13.8 Å². The number of rotatable bonds is 2. The highest BCUT2D eigenvalue weighted by atomic mass is 16.1. The van der Waals surface area contributed by atoms with Crippen LogP contribution >= 0.6 is 0 Å². The molecule has 106 valence electrons. The van der Waals surface area contributed by atoms with Crippen LogP contribution in [0.1, 0.15) is 28.4 Å². The molecule has 0 bridgehead atoms. The predicted octanol–water partition coefficient (Wildman–Crippen LogP) is 3.03. The number of H-pyrrole nitrogens is 1. The van der Waals surface area contributed by atoms with Crippen molar-refractivity contribution < 1.29 is 4.79 Å². The van der Waals surface area contributed by atoms with Gasteiger partial charge in [0.25, 0.3) is 0 Å². The number of nitrogens with one attached hydrogen (secondary N) is 1. The molecular formula is C16H16N4O. The number of anilines is 1. The van der Waals surface area contributed by atoms with Crippen molar-refractivity contribution >= 4 is 22.6 Å². The van der Waals surface area contributed by atoms with Gasteiger partial charge in [-0.3, -0.25) is 9.89 Å². The Morgan fingerprint density at radius 2 is 2.00 bits per heavy atom. The molecule has 0 unspecified atom stereocenters. The number of nitrogens with zero attached hydrogens (tertiary/aromatic N) is 2. The number of pyridine rings is 1. The van der Waals surface area contributed by atoms with E-state index in [1.807, 2.05) is 38.1 Å². The number of ketones is 1. The molecule has 5 heteroatoms. The van der Waals surface area contributed by atoms with Crippen molar-refractivity contribution in [1.82, 2.24) is 15.2 Å². The third kappa shape index (κ3) is 2.16. The molecule has 3 rings (SSSR count). The van der Waals surface area contributed by atoms with Crippen LogP contribution in [-0.2, 0) is 0 Å². The number of aromatic amines is 1. The number of carbonyl (C=O) groups is 1. The second-order valence-corrected chi connectivity index (χ2v) is 5.23. The van der Waals surface area contributed by atoms with Gasteiger partial charge in [-0.15, -0.1) is 0 Å². The number of fused-ring (bicyclic) bond motifs is 1. The molecule has 0 amide bonds. The Bertz CT molecular complexity index is 864. The first kappa shape index (κ1) is 13.3. The van der Waals surface area contributed by atoms with Gasteiger partial charge in [-0.1, -0.05) is 0 Å². The second kappa shape index (κ2) is 4.70. The fourth-order valence-electron chi connectivity index (χ4n) is 2.40. The monoisotopic (exact) mass is 280 g/mol. The number of aryl methyl sites for hydroxylation is 1. The molecule has 0 aliphatic rings. The van der Waals surface area contributed by atoms with E-state index in [9.17, 15) is 4.79 Å². The molecule has 0 fully saturated rings. The molecule has 0 saturated carbocycles. The van der Waals surface area contributed by atoms with E-state index in [-0.39, 0.29) is 5.78 Å². The third-order valence-corrected chi connectivity index (χ3v) is 3.80. The van der Waals surface area contributed by atoms with Crippen LogP contribution in [0.3, 0.4) is 0 Å². The van der Waals surface area contributed by atoms with Gasteiger partial charge in [0.15, 0.2) is 11.4 Å². The summed E-state index contributed by atoms with van der Waals surface area (Å²) in [5.41, 5.74) is 11.0. The normalized spacial score (nSPS) is 11.0. The van der Waals surface area contributed by atoms with Gasteiger partial charge in [0.05, 0.1) is 11.1 Å². The van der Waals surface area contributed by atoms with Gasteiger partial charge in [0.1, 0.15) is 5.82 Å². The summed E-state index contributed by atoms with van der Waals surface area (Å²) in [4.78, 5) is 16.2. The average Bonchev–Trinajstić information content (AvgIpc) is 2.82. The zero-order valence-corrected chi connectivity index (χ0v) is 12.2. The number of hydrogen-bond acceptors (Lipinski definition) is 4. The fraction of sp³-hybridized carbons (Fsp3) is 0.188. The molecule has 0 spiro atoms. The van der Waals surface area contributed by atoms with E-state index in [1.54, 1.807) is 6.92 Å². The Morgan fingerprint density at radius 1 is 1.24 bits per heavy atom. The Balaban J connectivity index is 2.23. The molecule has 3 N–H and O–H groups in total. The average molecular weight is 280 g/mol. The molecular weight excluding hydrogens is 264 g/mol. The Morgan fingerprint density at radius 3 is 2.71 bits per heavy atom. The molecule has 1 aromatic carbocycles. The zero-order valence-electron chi connectivity index (χ0n) is 12.2. The summed E-state index contributed by atoms with van der Waals surface area (Å²) in [5, 5.41) is 7.61. The third-order valence-electron chi connectivity index (χ3n) is 3.80. The molecule has 5 nitrogen and oxygen atoms in total. The maximum absolute atomic E-state index is 11.7. The summed E-state index contributed by atoms with van der Waals surface area (Å²) in [7, 11) is 0. The summed E-state index contributed by atoms with van der Waals surface area (Å²) in [6, 6.07) is 7.59. The maximum Gasteiger partial charge on any atom is 0.183 e. The molecule has 2 aromatic heterocycles. The number of benzene rings is 1. The number of Topliss-reactive ketones (excluding diaryl/α,β-unsaturated/α-hetero) is 1. The summed E-state index contributed by atoms with van der Waals surface area (Å²) in [6.45, 7) is 5.59. The topological polar surface area (TPSA) is 84.7 Å². The van der Waals surface area contributed by atoms with Crippen LogP contribution in [0.15, 0.2) is 24.3 Å². The lowest BCUT2D eigenvalue weighted by molar-refractivity contribution is 0.101. The highest BCUT2D eigenvalue weighted by Crippen LogP contribution is 2.28. The van der Waals surface area contributed by atoms with Crippen LogP contribution in [0.2, 0.25) is 0 Å². The van der Waals surface area contributed by atoms with Gasteiger partial charge in [-0.05, 0) is 56.2 Å². The lowest BCUT2D eigenvalue weighted by Crippen LogP contribution is -1.98. The van der Waals surface area contributed by atoms with Gasteiger partial charge in [0, 0.05) is 11.1 Å². The Kier molecular flexibility index (Phi) is 2.97. The first-order chi connectivity index (χ1) is 9.97. The summed E-state index contributed by atoms with van der Waals surface area (Å²) >= 11 is 0. The van der Waals surface area contributed by atoms with E-state index in [0.29, 0.717) is 17.0 Å². The van der Waals surface area contributed by atoms with E-state index in [0.717, 1.165) is 27.8 Å². The van der Waals surface area contributed by atoms with Crippen LogP contribution < -0.4 is 5.73 Å². The largest absolute Gasteiger partial charge is 0.384 e. The van der Waals surface area contributed by atoms with Crippen LogP contribution in [0.4, 0.5) is 5.82 Å². The molecule has 2 heterocycles. The lowest BCUT2D eigenvalue weighted by Gasteiger charge is -2.10. The first-order valence-electron chi connectivity index (χ1n) is 6.70. The number of carbonyl (C=O) groups excluding carboxylic acids is 1. The van der Waals surface area contributed by atoms with Crippen molar-refractivity contribution in [2.75, 3.05) is 5.73 Å². The van der Waals surface area contributed by atoms with E-state index in [2.05, 4.69) is 15.2 Å². The molecule has 21 heavy (non-hydrogen) atoms. The van der Waals surface area contributed by atoms with E-state index in [4.69, 9.17) is 5.73 Å². The molecule has 0 aliphatic carbocycles. The summed E-state index contributed by atoms with van der Waals surface area (Å²) in [6.07, 6.45) is 0. The van der Waals surface area contributed by atoms with Crippen molar-refractivity contribution in [3.05, 3.63) is 41.0 Å². The minimum atomic E-state index is 0.0458. The van der Waals surface area contributed by atoms with Crippen molar-refractivity contribution in [3.63, 3.8) is 0 Å². The van der Waals surface area contributed by atoms with Gasteiger partial charge < -0.3 is 5.73 Å². The summed E-state index contributed by atoms with van der Waals surface area (Å²) in [5.74, 6) is 0.555. The van der Waals surface area contributed by atoms with Gasteiger partial charge >= 0.3 is 0 Å². The highest BCUT2D eigenvalue weighted by molar-refractivity contribution is 5.96. The minimum absolute atomic E-state index is 0.0458. The lowest BCUT2D eigenvalue weighted by atomic mass is 9.95. The second-order valence-electron chi connectivity index (χ2n) is 5.23. The Hall–Kier alpha value is -2.69. The van der Waals surface area contributed by atoms with E-state index >= 15 is 0 Å². The summed E-state index contributed by atoms with van der Waals surface area (Å²) < 4.78 is 0. The quantitative estimate of drug-likeness (QED) is 0.707. The molecule has 0 atom stereocenters. The molecule has 0 radical (unpaired) electrons. The zero-order chi connectivity index (χ0) is 15.1. The fourth-order valence-corrected chi connectivity index (χ4v) is 2.40. The maximum atomic E-state index is 11.7. The van der Waals surface area contributed by atoms with Gasteiger partial charge in [-0.2, -0.15) is 5.10 Å². The van der Waals surface area contributed by atoms with E-state index in [1.165, 1.54) is 0 Å². The standard InChI is InChI=1S/C16H16N4O/c1-8-6-11(10(3)21)7-13(9(8)2)14-5-4-12-15(17)19-20-16(12)18-14/h4-7H,1-3H3,(H3,17,18,19,20). The first-order valence-corrected chi connectivity index (χ1v) is 6.70. The smallest absolute Gasteiger partial charge is 0.183 e. The van der Waals surface area contributed by atoms with Crippen LogP contribution in [-0.4, -0.2) is 21.0 Å². The minimum Gasteiger partial charge on any atom is -0.384 e. The molecule has 0 saturated heterocycles. The Labute approximate surface area is 122 Å². The molecule has 0 aliphatic heterocycles. The van der Waals surface area contributed by atoms with Crippen LogP contribution in [0.5, 0.6) is 0 Å². The van der Waals surface area contributed by atoms with Crippen molar-refractivity contribution in [2.24, 2.45) is 0 Å². The number of aromatic nitrogens is 3. The van der Waals surface area contributed by atoms with Crippen LogP contribution in [0.25, 0.3) is 22.3 Å². The van der Waals surface area contributed by atoms with Crippen molar-refractivity contribution in [2.45, 2.75) is 20.8 Å². The number of hydrogen-bond donors (Lipinski definition) is 2. The van der Waals surface area contributed by atoms with Crippen molar-refractivity contribution in [1.29, 1.82) is 0 Å². The number of nitrogen functional groups attached to an aromatic ring is 1. The van der Waals surface area contributed by atoms with Gasteiger partial charge in [-0.25, -0.2) is 4.98 Å². The SMILES string of the molecule is CC(=O)c1cc(C)c(C)c(-c2ccc3c(N)[nH]nc3n2)c1. The van der Waals surface area contributed by atoms with E-state index < -0.39 is 0 Å².